The van der Waals surface area contributed by atoms with Crippen molar-refractivity contribution in [3.63, 3.8) is 0 Å². The maximum absolute atomic E-state index is 13.6. The van der Waals surface area contributed by atoms with E-state index in [4.69, 9.17) is 9.47 Å². The van der Waals surface area contributed by atoms with Crippen LogP contribution in [0.5, 0.6) is 5.75 Å². The Kier molecular flexibility index (Phi) is 8.59. The van der Waals surface area contributed by atoms with Crippen LogP contribution in [0, 0.1) is 5.92 Å². The minimum atomic E-state index is -4.76. The van der Waals surface area contributed by atoms with Gasteiger partial charge in [0.2, 0.25) is 0 Å². The topological polar surface area (TPSA) is 38.8 Å². The second kappa shape index (κ2) is 11.6. The third-order valence-electron chi connectivity index (χ3n) is 7.39. The highest BCUT2D eigenvalue weighted by Gasteiger charge is 2.38. The van der Waals surface area contributed by atoms with E-state index in [0.717, 1.165) is 31.2 Å². The van der Waals surface area contributed by atoms with Gasteiger partial charge in [-0.1, -0.05) is 18.6 Å². The Morgan fingerprint density at radius 2 is 1.76 bits per heavy atom. The van der Waals surface area contributed by atoms with E-state index in [-0.39, 0.29) is 37.5 Å². The zero-order chi connectivity index (χ0) is 27.5. The van der Waals surface area contributed by atoms with Crippen LogP contribution in [0.2, 0.25) is 0 Å². The summed E-state index contributed by atoms with van der Waals surface area (Å²) >= 11 is 0. The average molecular weight is 544 g/mol. The summed E-state index contributed by atoms with van der Waals surface area (Å²) in [7, 11) is 1.36. The molecule has 2 fully saturated rings. The number of halogens is 6. The number of benzene rings is 2. The lowest BCUT2D eigenvalue weighted by atomic mass is 9.91. The van der Waals surface area contributed by atoms with E-state index in [0.29, 0.717) is 42.8 Å². The lowest BCUT2D eigenvalue weighted by Gasteiger charge is -2.36. The highest BCUT2D eigenvalue weighted by atomic mass is 19.4. The molecule has 1 aliphatic heterocycles. The Bertz CT molecular complexity index is 1110. The van der Waals surface area contributed by atoms with E-state index in [9.17, 15) is 31.1 Å². The van der Waals surface area contributed by atoms with Gasteiger partial charge in [-0.15, -0.1) is 0 Å². The summed E-state index contributed by atoms with van der Waals surface area (Å²) in [5.41, 5.74) is -1.58. The number of hydrogen-bond acceptors (Lipinski definition) is 4. The second-order valence-corrected chi connectivity index (χ2v) is 10.1. The van der Waals surface area contributed by atoms with Gasteiger partial charge in [0.1, 0.15) is 12.4 Å². The van der Waals surface area contributed by atoms with Crippen molar-refractivity contribution >= 4 is 5.97 Å². The number of carbonyl (C=O) groups excluding carboxylic acids is 1. The second-order valence-electron chi connectivity index (χ2n) is 10.1. The molecule has 0 spiro atoms. The molecular weight excluding hydrogens is 512 g/mol. The van der Waals surface area contributed by atoms with E-state index in [1.54, 1.807) is 11.0 Å². The minimum Gasteiger partial charge on any atom is -0.492 e. The summed E-state index contributed by atoms with van der Waals surface area (Å²) in [5.74, 6) is 0.741. The lowest BCUT2D eigenvalue weighted by Crippen LogP contribution is -2.43. The van der Waals surface area contributed by atoms with E-state index < -0.39 is 29.0 Å². The van der Waals surface area contributed by atoms with E-state index >= 15 is 0 Å². The highest BCUT2D eigenvalue weighted by Crippen LogP contribution is 2.45. The van der Waals surface area contributed by atoms with Gasteiger partial charge in [0.05, 0.1) is 24.7 Å². The number of alkyl halides is 6. The molecule has 1 saturated carbocycles. The van der Waals surface area contributed by atoms with Gasteiger partial charge in [-0.25, -0.2) is 0 Å². The van der Waals surface area contributed by atoms with Gasteiger partial charge in [-0.2, -0.15) is 26.3 Å². The van der Waals surface area contributed by atoms with E-state index in [1.165, 1.54) is 7.11 Å². The molecule has 2 atom stereocenters. The van der Waals surface area contributed by atoms with Gasteiger partial charge in [0, 0.05) is 12.6 Å². The molecule has 208 valence electrons. The number of esters is 1. The van der Waals surface area contributed by atoms with Crippen LogP contribution in [-0.4, -0.2) is 37.2 Å². The quantitative estimate of drug-likeness (QED) is 0.247. The van der Waals surface area contributed by atoms with Crippen molar-refractivity contribution < 1.29 is 40.6 Å². The number of rotatable bonds is 9. The van der Waals surface area contributed by atoms with Crippen molar-refractivity contribution in [1.29, 1.82) is 0 Å². The molecule has 1 aliphatic carbocycles. The van der Waals surface area contributed by atoms with Crippen molar-refractivity contribution in [3.8, 4) is 5.75 Å². The third kappa shape index (κ3) is 7.21. The Morgan fingerprint density at radius 1 is 1.00 bits per heavy atom. The summed E-state index contributed by atoms with van der Waals surface area (Å²) in [6, 6.07) is 8.80. The molecule has 0 aromatic heterocycles. The van der Waals surface area contributed by atoms with Crippen LogP contribution < -0.4 is 4.74 Å². The largest absolute Gasteiger partial charge is 0.492 e. The fraction of sp³-hybridized carbons (Fsp3) is 0.536. The van der Waals surface area contributed by atoms with Crippen molar-refractivity contribution in [2.75, 3.05) is 20.3 Å². The van der Waals surface area contributed by atoms with E-state index in [1.807, 2.05) is 18.2 Å². The zero-order valence-corrected chi connectivity index (χ0v) is 21.1. The number of piperidine rings is 1. The van der Waals surface area contributed by atoms with Crippen LogP contribution in [0.4, 0.5) is 26.3 Å². The van der Waals surface area contributed by atoms with Gasteiger partial charge in [-0.05, 0) is 85.5 Å². The van der Waals surface area contributed by atoms with E-state index in [2.05, 4.69) is 0 Å². The number of likely N-dealkylation sites (tertiary alicyclic amines) is 1. The maximum Gasteiger partial charge on any atom is 0.416 e. The Labute approximate surface area is 217 Å². The van der Waals surface area contributed by atoms with Crippen molar-refractivity contribution in [3.05, 3.63) is 64.7 Å². The maximum atomic E-state index is 13.6. The highest BCUT2D eigenvalue weighted by molar-refractivity contribution is 5.70. The van der Waals surface area contributed by atoms with Crippen LogP contribution in [0.25, 0.3) is 0 Å². The Balaban J connectivity index is 1.48. The number of methoxy groups -OCH3 is 1. The lowest BCUT2D eigenvalue weighted by molar-refractivity contribution is -0.142. The minimum absolute atomic E-state index is 0.0267. The molecule has 1 saturated heterocycles. The first-order chi connectivity index (χ1) is 18.0. The molecule has 0 radical (unpaired) electrons. The summed E-state index contributed by atoms with van der Waals surface area (Å²) in [4.78, 5) is 13.7. The predicted octanol–water partition coefficient (Wildman–Crippen LogP) is 7.21. The van der Waals surface area contributed by atoms with Gasteiger partial charge in [0.25, 0.3) is 0 Å². The fourth-order valence-electron chi connectivity index (χ4n) is 5.20. The number of carbonyl (C=O) groups is 1. The predicted molar refractivity (Wildman–Crippen MR) is 129 cm³/mol. The molecule has 2 aromatic rings. The Hall–Kier alpha value is -2.75. The first-order valence-electron chi connectivity index (χ1n) is 12.8. The molecule has 0 bridgehead atoms. The molecule has 2 aromatic carbocycles. The molecule has 0 N–H and O–H groups in total. The normalized spacial score (nSPS) is 19.7. The van der Waals surface area contributed by atoms with Gasteiger partial charge < -0.3 is 9.47 Å². The Morgan fingerprint density at radius 3 is 2.42 bits per heavy atom. The van der Waals surface area contributed by atoms with Crippen molar-refractivity contribution in [2.45, 2.75) is 69.4 Å². The first kappa shape index (κ1) is 28.3. The van der Waals surface area contributed by atoms with Crippen LogP contribution in [-0.2, 0) is 28.4 Å². The smallest absolute Gasteiger partial charge is 0.416 e. The SMILES string of the molecule is COC(=O)C[C@H](c1cccc(OCC2CCCCN2Cc2cc(C(F)(F)F)ccc2C(F)(F)F)c1)C1CC1. The van der Waals surface area contributed by atoms with Gasteiger partial charge in [-0.3, -0.25) is 9.69 Å². The molecule has 1 unspecified atom stereocenters. The van der Waals surface area contributed by atoms with Gasteiger partial charge >= 0.3 is 18.3 Å². The van der Waals surface area contributed by atoms with Crippen LogP contribution in [0.15, 0.2) is 42.5 Å². The standard InChI is InChI=1S/C28H31F6NO3/c1-37-26(36)15-24(18-8-9-18)19-5-4-7-23(14-19)38-17-22-6-2-3-12-35(22)16-20-13-21(27(29,30)31)10-11-25(20)28(32,33)34/h4-5,7,10-11,13-14,18,22,24H,2-3,6,8-9,12,15-17H2,1H3/t22?,24-/m0/s1. The molecule has 4 nitrogen and oxygen atoms in total. The number of hydrogen-bond donors (Lipinski definition) is 0. The number of nitrogens with zero attached hydrogens (tertiary/aromatic N) is 1. The molecule has 10 heteroatoms. The number of ether oxygens (including phenoxy) is 2. The monoisotopic (exact) mass is 543 g/mol. The molecule has 4 rings (SSSR count). The first-order valence-corrected chi connectivity index (χ1v) is 12.8. The zero-order valence-electron chi connectivity index (χ0n) is 21.1. The van der Waals surface area contributed by atoms with Crippen LogP contribution >= 0.6 is 0 Å². The average Bonchev–Trinajstić information content (AvgIpc) is 3.71. The van der Waals surface area contributed by atoms with Crippen molar-refractivity contribution in [2.24, 2.45) is 5.92 Å². The summed E-state index contributed by atoms with van der Waals surface area (Å²) in [6.45, 7) is 0.398. The molecular formula is C28H31F6NO3. The summed E-state index contributed by atoms with van der Waals surface area (Å²) in [6.07, 6.45) is -4.89. The third-order valence-corrected chi connectivity index (χ3v) is 7.39. The summed E-state index contributed by atoms with van der Waals surface area (Å²) < 4.78 is 91.5. The summed E-state index contributed by atoms with van der Waals surface area (Å²) in [5, 5.41) is 0. The molecule has 2 aliphatic rings. The van der Waals surface area contributed by atoms with Gasteiger partial charge in [0.15, 0.2) is 0 Å². The molecule has 1 heterocycles. The fourth-order valence-corrected chi connectivity index (χ4v) is 5.20. The molecule has 38 heavy (non-hydrogen) atoms. The van der Waals surface area contributed by atoms with Crippen molar-refractivity contribution in [1.82, 2.24) is 4.90 Å². The van der Waals surface area contributed by atoms with Crippen LogP contribution in [0.3, 0.4) is 0 Å². The van der Waals surface area contributed by atoms with Crippen LogP contribution in [0.1, 0.15) is 66.7 Å². The molecule has 0 amide bonds.